The molecule has 0 spiro atoms. The number of benzene rings is 1. The van der Waals surface area contributed by atoms with Crippen molar-refractivity contribution in [1.29, 1.82) is 0 Å². The van der Waals surface area contributed by atoms with Gasteiger partial charge < -0.3 is 10.6 Å². The van der Waals surface area contributed by atoms with E-state index in [9.17, 15) is 4.79 Å². The molecule has 0 radical (unpaired) electrons. The van der Waals surface area contributed by atoms with E-state index in [1.807, 2.05) is 49.3 Å². The summed E-state index contributed by atoms with van der Waals surface area (Å²) < 4.78 is 0. The maximum absolute atomic E-state index is 12.7. The van der Waals surface area contributed by atoms with Crippen molar-refractivity contribution in [1.82, 2.24) is 15.5 Å². The van der Waals surface area contributed by atoms with Gasteiger partial charge in [0, 0.05) is 18.1 Å². The van der Waals surface area contributed by atoms with E-state index in [4.69, 9.17) is 0 Å². The molecule has 0 saturated carbocycles. The molecule has 3 rings (SSSR count). The van der Waals surface area contributed by atoms with E-state index >= 15 is 0 Å². The highest BCUT2D eigenvalue weighted by Crippen LogP contribution is 2.27. The van der Waals surface area contributed by atoms with E-state index < -0.39 is 0 Å². The number of piperidine rings is 1. The van der Waals surface area contributed by atoms with Crippen LogP contribution in [-0.4, -0.2) is 43.0 Å². The van der Waals surface area contributed by atoms with Crippen LogP contribution in [0, 0.1) is 0 Å². The largest absolute Gasteiger partial charge is 0.352 e. The minimum absolute atomic E-state index is 0.123. The minimum Gasteiger partial charge on any atom is -0.352 e. The Hall–Kier alpha value is -1.39. The summed E-state index contributed by atoms with van der Waals surface area (Å²) >= 11 is 0. The maximum atomic E-state index is 12.7. The lowest BCUT2D eigenvalue weighted by atomic mass is 9.98. The van der Waals surface area contributed by atoms with Crippen molar-refractivity contribution in [2.24, 2.45) is 0 Å². The number of nitrogens with one attached hydrogen (secondary N) is 2. The molecule has 1 amide bonds. The molecule has 1 aromatic carbocycles. The van der Waals surface area contributed by atoms with Crippen LogP contribution in [0.4, 0.5) is 0 Å². The van der Waals surface area contributed by atoms with Gasteiger partial charge in [-0.25, -0.2) is 0 Å². The summed E-state index contributed by atoms with van der Waals surface area (Å²) in [7, 11) is 3.92. The highest BCUT2D eigenvalue weighted by Gasteiger charge is 2.35. The van der Waals surface area contributed by atoms with E-state index in [2.05, 4.69) is 10.6 Å². The zero-order valence-corrected chi connectivity index (χ0v) is 12.9. The standard InChI is InChI=1S/C17H25N3O/c1-20(2)16(12-6-4-3-5-7-12)17(21)19-15-10-13-8-9-14(11-15)18-13/h3-7,13-16,18H,8-11H2,1-2H3,(H,19,21). The molecular formula is C17H25N3O. The molecule has 114 valence electrons. The van der Waals surface area contributed by atoms with Gasteiger partial charge in [-0.3, -0.25) is 9.69 Å². The van der Waals surface area contributed by atoms with Crippen LogP contribution in [0.15, 0.2) is 30.3 Å². The van der Waals surface area contributed by atoms with E-state index in [0.717, 1.165) is 18.4 Å². The zero-order valence-electron chi connectivity index (χ0n) is 12.9. The van der Waals surface area contributed by atoms with Gasteiger partial charge in [-0.1, -0.05) is 30.3 Å². The number of nitrogens with zero attached hydrogens (tertiary/aromatic N) is 1. The van der Waals surface area contributed by atoms with Crippen LogP contribution in [0.5, 0.6) is 0 Å². The Morgan fingerprint density at radius 2 is 1.81 bits per heavy atom. The van der Waals surface area contributed by atoms with Crippen LogP contribution >= 0.6 is 0 Å². The average molecular weight is 287 g/mol. The molecule has 21 heavy (non-hydrogen) atoms. The fourth-order valence-corrected chi connectivity index (χ4v) is 3.77. The molecule has 2 N–H and O–H groups in total. The van der Waals surface area contributed by atoms with Crippen molar-refractivity contribution in [3.63, 3.8) is 0 Å². The molecule has 1 aromatic rings. The fourth-order valence-electron chi connectivity index (χ4n) is 3.77. The number of rotatable bonds is 4. The molecule has 2 heterocycles. The molecule has 2 saturated heterocycles. The summed E-state index contributed by atoms with van der Waals surface area (Å²) in [6.45, 7) is 0. The van der Waals surface area contributed by atoms with Gasteiger partial charge in [0.25, 0.3) is 0 Å². The molecule has 3 unspecified atom stereocenters. The van der Waals surface area contributed by atoms with Crippen LogP contribution in [0.25, 0.3) is 0 Å². The van der Waals surface area contributed by atoms with E-state index in [0.29, 0.717) is 18.1 Å². The third-order valence-corrected chi connectivity index (χ3v) is 4.70. The summed E-state index contributed by atoms with van der Waals surface area (Å²) in [6.07, 6.45) is 4.65. The Labute approximate surface area is 126 Å². The summed E-state index contributed by atoms with van der Waals surface area (Å²) in [5, 5.41) is 6.89. The lowest BCUT2D eigenvalue weighted by molar-refractivity contribution is -0.126. The molecule has 0 aromatic heterocycles. The Balaban J connectivity index is 1.67. The van der Waals surface area contributed by atoms with Crippen molar-refractivity contribution in [3.8, 4) is 0 Å². The summed E-state index contributed by atoms with van der Waals surface area (Å²) in [5.74, 6) is 0.123. The maximum Gasteiger partial charge on any atom is 0.242 e. The highest BCUT2D eigenvalue weighted by atomic mass is 16.2. The number of hydrogen-bond donors (Lipinski definition) is 2. The minimum atomic E-state index is -0.210. The molecule has 3 atom stereocenters. The first kappa shape index (κ1) is 14.5. The molecule has 4 nitrogen and oxygen atoms in total. The van der Waals surface area contributed by atoms with Gasteiger partial charge in [0.05, 0.1) is 0 Å². The van der Waals surface area contributed by atoms with E-state index in [-0.39, 0.29) is 11.9 Å². The number of likely N-dealkylation sites (N-methyl/N-ethyl adjacent to an activating group) is 1. The van der Waals surface area contributed by atoms with Gasteiger partial charge in [0.15, 0.2) is 0 Å². The SMILES string of the molecule is CN(C)C(C(=O)NC1CC2CCC(C1)N2)c1ccccc1. The Morgan fingerprint density at radius 3 is 2.38 bits per heavy atom. The average Bonchev–Trinajstić information content (AvgIpc) is 2.79. The third-order valence-electron chi connectivity index (χ3n) is 4.70. The number of fused-ring (bicyclic) bond motifs is 2. The first-order valence-corrected chi connectivity index (χ1v) is 7.91. The summed E-state index contributed by atoms with van der Waals surface area (Å²) in [5.41, 5.74) is 1.05. The summed E-state index contributed by atoms with van der Waals surface area (Å²) in [4.78, 5) is 14.7. The van der Waals surface area contributed by atoms with E-state index in [1.54, 1.807) is 0 Å². The van der Waals surface area contributed by atoms with E-state index in [1.165, 1.54) is 12.8 Å². The predicted molar refractivity (Wildman–Crippen MR) is 84.0 cm³/mol. The predicted octanol–water partition coefficient (Wildman–Crippen LogP) is 1.69. The third kappa shape index (κ3) is 3.27. The van der Waals surface area contributed by atoms with Gasteiger partial charge in [-0.2, -0.15) is 0 Å². The number of hydrogen-bond acceptors (Lipinski definition) is 3. The van der Waals surface area contributed by atoms with Crippen molar-refractivity contribution in [2.45, 2.75) is 49.9 Å². The Morgan fingerprint density at radius 1 is 1.19 bits per heavy atom. The lowest BCUT2D eigenvalue weighted by Gasteiger charge is -2.32. The van der Waals surface area contributed by atoms with Gasteiger partial charge in [0.1, 0.15) is 6.04 Å². The first-order valence-electron chi connectivity index (χ1n) is 7.91. The first-order chi connectivity index (χ1) is 10.1. The lowest BCUT2D eigenvalue weighted by Crippen LogP contribution is -2.50. The zero-order chi connectivity index (χ0) is 14.8. The monoisotopic (exact) mass is 287 g/mol. The van der Waals surface area contributed by atoms with Crippen molar-refractivity contribution in [3.05, 3.63) is 35.9 Å². The van der Waals surface area contributed by atoms with Crippen LogP contribution in [-0.2, 0) is 4.79 Å². The number of carbonyl (C=O) groups is 1. The van der Waals surface area contributed by atoms with Crippen LogP contribution in [0.3, 0.4) is 0 Å². The van der Waals surface area contributed by atoms with Gasteiger partial charge in [-0.05, 0) is 45.3 Å². The van der Waals surface area contributed by atoms with Crippen LogP contribution in [0.1, 0.15) is 37.3 Å². The number of carbonyl (C=O) groups excluding carboxylic acids is 1. The molecular weight excluding hydrogens is 262 g/mol. The van der Waals surface area contributed by atoms with Crippen molar-refractivity contribution < 1.29 is 4.79 Å². The molecule has 0 aliphatic carbocycles. The second-order valence-corrected chi connectivity index (χ2v) is 6.59. The van der Waals surface area contributed by atoms with Crippen molar-refractivity contribution in [2.75, 3.05) is 14.1 Å². The topological polar surface area (TPSA) is 44.4 Å². The normalized spacial score (nSPS) is 29.4. The number of amides is 1. The highest BCUT2D eigenvalue weighted by molar-refractivity contribution is 5.83. The summed E-state index contributed by atoms with van der Waals surface area (Å²) in [6, 6.07) is 11.3. The van der Waals surface area contributed by atoms with Crippen LogP contribution < -0.4 is 10.6 Å². The molecule has 2 aliphatic rings. The Bertz CT molecular complexity index is 476. The van der Waals surface area contributed by atoms with Gasteiger partial charge in [-0.15, -0.1) is 0 Å². The second-order valence-electron chi connectivity index (χ2n) is 6.59. The smallest absolute Gasteiger partial charge is 0.242 e. The Kier molecular flexibility index (Phi) is 4.27. The van der Waals surface area contributed by atoms with Gasteiger partial charge >= 0.3 is 0 Å². The molecule has 4 heteroatoms. The van der Waals surface area contributed by atoms with Gasteiger partial charge in [0.2, 0.25) is 5.91 Å². The second kappa shape index (κ2) is 6.16. The van der Waals surface area contributed by atoms with Crippen LogP contribution in [0.2, 0.25) is 0 Å². The fraction of sp³-hybridized carbons (Fsp3) is 0.588. The molecule has 2 bridgehead atoms. The van der Waals surface area contributed by atoms with Crippen molar-refractivity contribution >= 4 is 5.91 Å². The molecule has 2 aliphatic heterocycles. The molecule has 2 fully saturated rings. The quantitative estimate of drug-likeness (QED) is 0.886.